The number of Topliss-reactive ketones (excluding diaryl/α,β-unsaturated/α-hetero) is 1. The minimum atomic E-state index is -5.12. The topological polar surface area (TPSA) is 130 Å². The molecule has 0 aliphatic heterocycles. The van der Waals surface area contributed by atoms with Crippen molar-refractivity contribution >= 4 is 21.4 Å². The van der Waals surface area contributed by atoms with Gasteiger partial charge in [-0.2, -0.15) is 4.31 Å². The predicted octanol–water partition coefficient (Wildman–Crippen LogP) is 0.972. The van der Waals surface area contributed by atoms with Gasteiger partial charge in [0.2, 0.25) is 0 Å². The van der Waals surface area contributed by atoms with Crippen LogP contribution in [0, 0.1) is 0 Å². The smallest absolute Gasteiger partial charge is 0.302 e. The highest BCUT2D eigenvalue weighted by Gasteiger charge is 2.32. The number of hydrogen-bond acceptors (Lipinski definition) is 5. The molecule has 0 bridgehead atoms. The van der Waals surface area contributed by atoms with Crippen LogP contribution in [-0.4, -0.2) is 27.1 Å². The molecule has 3 N–H and O–H groups in total. The molecule has 0 aromatic heterocycles. The van der Waals surface area contributed by atoms with Crippen LogP contribution >= 0.6 is 15.6 Å². The van der Waals surface area contributed by atoms with Crippen LogP contribution < -0.4 is 0 Å². The van der Waals surface area contributed by atoms with E-state index in [-0.39, 0.29) is 6.42 Å². The minimum Gasteiger partial charge on any atom is -0.302 e. The molecule has 0 aromatic carbocycles. The monoisotopic (exact) mass is 276 g/mol. The first-order valence-corrected chi connectivity index (χ1v) is 7.45. The van der Waals surface area contributed by atoms with Gasteiger partial charge in [-0.1, -0.05) is 13.3 Å². The van der Waals surface area contributed by atoms with E-state index >= 15 is 0 Å². The second-order valence-corrected chi connectivity index (χ2v) is 5.79. The number of carbonyl (C=O) groups excluding carboxylic acids is 1. The average Bonchev–Trinajstić information content (AvgIpc) is 2.07. The Balaban J connectivity index is 4.04. The van der Waals surface area contributed by atoms with Crippen LogP contribution in [-0.2, 0) is 22.8 Å². The molecule has 0 saturated carbocycles. The Bertz CT molecular complexity index is 320. The van der Waals surface area contributed by atoms with E-state index in [1.54, 1.807) is 0 Å². The van der Waals surface area contributed by atoms with Gasteiger partial charge in [0.1, 0.15) is 6.61 Å². The van der Waals surface area contributed by atoms with Crippen LogP contribution in [0.1, 0.15) is 26.2 Å². The third kappa shape index (κ3) is 9.18. The molecule has 0 saturated heterocycles. The molecule has 0 rings (SSSR count). The maximum absolute atomic E-state index is 11.0. The zero-order valence-corrected chi connectivity index (χ0v) is 10.4. The van der Waals surface area contributed by atoms with Crippen LogP contribution in [0.5, 0.6) is 0 Å². The summed E-state index contributed by atoms with van der Waals surface area (Å²) in [4.78, 5) is 36.3. The van der Waals surface area contributed by atoms with E-state index in [0.717, 1.165) is 6.42 Å². The van der Waals surface area contributed by atoms with Gasteiger partial charge < -0.3 is 14.7 Å². The zero-order valence-electron chi connectivity index (χ0n) is 8.61. The van der Waals surface area contributed by atoms with E-state index in [0.29, 0.717) is 6.42 Å². The number of ketones is 1. The summed E-state index contributed by atoms with van der Waals surface area (Å²) in [5, 5.41) is 0. The van der Waals surface area contributed by atoms with Crippen LogP contribution in [0.4, 0.5) is 0 Å². The maximum atomic E-state index is 11.0. The van der Waals surface area contributed by atoms with E-state index in [1.165, 1.54) is 0 Å². The lowest BCUT2D eigenvalue weighted by molar-refractivity contribution is -0.121. The molecule has 96 valence electrons. The molecule has 8 nitrogen and oxygen atoms in total. The fraction of sp³-hybridized carbons (Fsp3) is 0.833. The highest BCUT2D eigenvalue weighted by molar-refractivity contribution is 7.60. The Morgan fingerprint density at radius 2 is 1.81 bits per heavy atom. The summed E-state index contributed by atoms with van der Waals surface area (Å²) in [7, 11) is -10.0. The Hall–Kier alpha value is -0.0700. The van der Waals surface area contributed by atoms with E-state index in [4.69, 9.17) is 14.7 Å². The van der Waals surface area contributed by atoms with Crippen molar-refractivity contribution in [3.05, 3.63) is 0 Å². The Morgan fingerprint density at radius 3 is 2.25 bits per heavy atom. The van der Waals surface area contributed by atoms with Crippen molar-refractivity contribution in [3.63, 3.8) is 0 Å². The lowest BCUT2D eigenvalue weighted by Crippen LogP contribution is -2.07. The van der Waals surface area contributed by atoms with Gasteiger partial charge >= 0.3 is 15.6 Å². The van der Waals surface area contributed by atoms with Gasteiger partial charge in [-0.25, -0.2) is 9.13 Å². The normalized spacial score (nSPS) is 15.8. The fourth-order valence-corrected chi connectivity index (χ4v) is 2.33. The van der Waals surface area contributed by atoms with Gasteiger partial charge in [0.15, 0.2) is 5.78 Å². The van der Waals surface area contributed by atoms with Crippen molar-refractivity contribution < 1.29 is 37.4 Å². The molecule has 10 heteroatoms. The molecule has 0 spiro atoms. The average molecular weight is 276 g/mol. The first-order valence-electron chi connectivity index (χ1n) is 4.42. The van der Waals surface area contributed by atoms with E-state index in [1.807, 2.05) is 6.92 Å². The molecule has 0 amide bonds. The zero-order chi connectivity index (χ0) is 12.8. The second-order valence-electron chi connectivity index (χ2n) is 2.96. The number of rotatable bonds is 8. The highest BCUT2D eigenvalue weighted by atomic mass is 31.3. The van der Waals surface area contributed by atoms with Crippen LogP contribution in [0.3, 0.4) is 0 Å². The number of phosphoric ester groups is 1. The van der Waals surface area contributed by atoms with Crippen molar-refractivity contribution in [2.75, 3.05) is 6.61 Å². The summed E-state index contributed by atoms with van der Waals surface area (Å²) in [6.45, 7) is 1.15. The van der Waals surface area contributed by atoms with Gasteiger partial charge in [-0.15, -0.1) is 0 Å². The Kier molecular flexibility index (Phi) is 6.58. The van der Waals surface area contributed by atoms with Gasteiger partial charge in [-0.3, -0.25) is 9.32 Å². The van der Waals surface area contributed by atoms with Gasteiger partial charge in [-0.05, 0) is 6.42 Å². The molecule has 1 unspecified atom stereocenters. The summed E-state index contributed by atoms with van der Waals surface area (Å²) in [6, 6.07) is 0. The van der Waals surface area contributed by atoms with Gasteiger partial charge in [0, 0.05) is 6.42 Å². The summed E-state index contributed by atoms with van der Waals surface area (Å²) in [5.74, 6) is -0.439. The largest absolute Gasteiger partial charge is 0.481 e. The van der Waals surface area contributed by atoms with Gasteiger partial charge in [0.25, 0.3) is 0 Å². The molecule has 0 aliphatic carbocycles. The molecule has 0 aliphatic rings. The Morgan fingerprint density at radius 1 is 1.25 bits per heavy atom. The second kappa shape index (κ2) is 6.61. The van der Waals surface area contributed by atoms with Crippen LogP contribution in [0.25, 0.3) is 0 Å². The highest BCUT2D eigenvalue weighted by Crippen LogP contribution is 2.57. The number of carbonyl (C=O) groups is 1. The molecular formula is C6H14O8P2. The summed E-state index contributed by atoms with van der Waals surface area (Å²) in [6.07, 6.45) is 1.56. The SMILES string of the molecule is CCCCC(=O)COP(=O)(O)OP(=O)(O)O. The molecule has 0 aromatic rings. The van der Waals surface area contributed by atoms with E-state index in [2.05, 4.69) is 8.83 Å². The molecule has 16 heavy (non-hydrogen) atoms. The first-order chi connectivity index (χ1) is 7.16. The number of phosphoric acid groups is 2. The standard InChI is InChI=1S/C6H14O8P2/c1-2-3-4-6(7)5-13-16(11,12)14-15(8,9)10/h2-5H2,1H3,(H,11,12)(H2,8,9,10). The van der Waals surface area contributed by atoms with Gasteiger partial charge in [0.05, 0.1) is 0 Å². The first kappa shape index (κ1) is 15.9. The summed E-state index contributed by atoms with van der Waals surface area (Å²) >= 11 is 0. The van der Waals surface area contributed by atoms with E-state index in [9.17, 15) is 13.9 Å². The minimum absolute atomic E-state index is 0.173. The van der Waals surface area contributed by atoms with Crippen molar-refractivity contribution in [2.24, 2.45) is 0 Å². The van der Waals surface area contributed by atoms with E-state index < -0.39 is 28.0 Å². The fourth-order valence-electron chi connectivity index (χ4n) is 0.758. The predicted molar refractivity (Wildman–Crippen MR) is 53.4 cm³/mol. The van der Waals surface area contributed by atoms with Crippen LogP contribution in [0.2, 0.25) is 0 Å². The summed E-state index contributed by atoms with van der Waals surface area (Å²) in [5.41, 5.74) is 0. The molecule has 0 heterocycles. The lowest BCUT2D eigenvalue weighted by Gasteiger charge is -2.11. The quantitative estimate of drug-likeness (QED) is 0.559. The molecule has 0 radical (unpaired) electrons. The molecular weight excluding hydrogens is 262 g/mol. The third-order valence-corrected chi connectivity index (χ3v) is 3.54. The summed E-state index contributed by atoms with van der Waals surface area (Å²) < 4.78 is 28.7. The van der Waals surface area contributed by atoms with Crippen molar-refractivity contribution in [3.8, 4) is 0 Å². The van der Waals surface area contributed by atoms with Crippen molar-refractivity contribution in [2.45, 2.75) is 26.2 Å². The molecule has 1 atom stereocenters. The maximum Gasteiger partial charge on any atom is 0.481 e. The lowest BCUT2D eigenvalue weighted by atomic mass is 10.2. The molecule has 0 fully saturated rings. The van der Waals surface area contributed by atoms with Crippen molar-refractivity contribution in [1.82, 2.24) is 0 Å². The van der Waals surface area contributed by atoms with Crippen molar-refractivity contribution in [1.29, 1.82) is 0 Å². The number of unbranched alkanes of at least 4 members (excludes halogenated alkanes) is 1. The Labute approximate surface area is 92.4 Å². The third-order valence-electron chi connectivity index (χ3n) is 1.41. The number of hydrogen-bond donors (Lipinski definition) is 3. The van der Waals surface area contributed by atoms with Crippen LogP contribution in [0.15, 0.2) is 0 Å².